The van der Waals surface area contributed by atoms with Crippen LogP contribution in [0.4, 0.5) is 4.79 Å². The van der Waals surface area contributed by atoms with Crippen LogP contribution >= 0.6 is 0 Å². The maximum Gasteiger partial charge on any atom is 0.407 e. The molecule has 2 spiro atoms. The molecule has 1 atom stereocenters. The third kappa shape index (κ3) is 2.34. The van der Waals surface area contributed by atoms with Crippen molar-refractivity contribution in [3.63, 3.8) is 0 Å². The molecule has 6 aliphatic rings. The zero-order valence-corrected chi connectivity index (χ0v) is 44.9. The first-order valence-corrected chi connectivity index (χ1v) is 31.3. The highest BCUT2D eigenvalue weighted by Crippen LogP contribution is 2.86. The summed E-state index contributed by atoms with van der Waals surface area (Å²) in [5, 5.41) is 91.5. The quantitative estimate of drug-likeness (QED) is 0.109. The van der Waals surface area contributed by atoms with Crippen LogP contribution in [0, 0.1) is 31.6 Å². The van der Waals surface area contributed by atoms with Gasteiger partial charge in [0, 0.05) is 31.6 Å². The molecule has 5 radical (unpaired) electrons. The number of hydrogen-bond acceptors (Lipinski definition) is 5. The maximum absolute atomic E-state index is 12.4. The first kappa shape index (κ1) is 36.3. The highest BCUT2D eigenvalue weighted by Gasteiger charge is 2.77. The smallest absolute Gasteiger partial charge is 0.407 e. The van der Waals surface area contributed by atoms with Gasteiger partial charge in [-0.05, 0) is 360 Å². The fraction of sp³-hybridized carbons (Fsp3) is 0.179. The number of nitrogens with zero attached hydrogens (tertiary/aromatic N) is 1. The lowest BCUT2D eigenvalue weighted by Crippen LogP contribution is -2.56. The number of likely N-dealkylation sites (tertiary alicyclic amines) is 1. The van der Waals surface area contributed by atoms with Crippen LogP contribution < -0.4 is 5.32 Å². The predicted octanol–water partition coefficient (Wildman–Crippen LogP) is 17.9. The Morgan fingerprint density at radius 1 is 0.393 bits per heavy atom. The monoisotopic (exact) mass is 1060 g/mol. The van der Waals surface area contributed by atoms with Crippen molar-refractivity contribution < 1.29 is 19.0 Å². The lowest BCUT2D eigenvalue weighted by Gasteiger charge is -2.53. The van der Waals surface area contributed by atoms with Gasteiger partial charge in [0.2, 0.25) is 0 Å². The molecule has 28 aromatic carbocycles. The minimum atomic E-state index is -0.540. The van der Waals surface area contributed by atoms with Gasteiger partial charge in [-0.2, -0.15) is 0 Å². The van der Waals surface area contributed by atoms with Gasteiger partial charge in [-0.25, -0.2) is 4.79 Å². The lowest BCUT2D eigenvalue weighted by molar-refractivity contribution is 0.0334. The van der Waals surface area contributed by atoms with Crippen LogP contribution in [0.5, 0.6) is 0 Å². The van der Waals surface area contributed by atoms with Crippen molar-refractivity contribution in [2.45, 2.75) is 43.2 Å². The molecule has 5 aliphatic carbocycles. The SMILES string of the molecule is CC(C)(C)OC(=O)NCCOCCOCCN1CC23c4c5c6c7c8c9c(c%10c%11c2c2c4c4c%12c5c5c6c6c8c8c%13c9c9c%10c%10c%11c%11c2c2c4c4c%12c%12c5c5c6c8c6c8c%13c9c9c%10c%10c%11c2c2c4c4c%12c5c6c5c8c9c%10c2c45)C73C1[C]1[CH][CH][CH][CH]1. The molecule has 2 fully saturated rings. The molecule has 1 unspecified atom stereocenters. The highest BCUT2D eigenvalue weighted by atomic mass is 16.6. The largest absolute Gasteiger partial charge is 0.444 e. The van der Waals surface area contributed by atoms with E-state index in [1.807, 2.05) is 20.8 Å². The van der Waals surface area contributed by atoms with E-state index >= 15 is 0 Å². The van der Waals surface area contributed by atoms with Crippen molar-refractivity contribution in [1.82, 2.24) is 10.2 Å². The predicted molar refractivity (Wildman–Crippen MR) is 346 cm³/mol. The Kier molecular flexibility index (Phi) is 3.94. The molecule has 6 heteroatoms. The molecule has 1 N–H and O–H groups in total. The van der Waals surface area contributed by atoms with Crippen LogP contribution in [0.3, 0.4) is 0 Å². The van der Waals surface area contributed by atoms with Crippen LogP contribution in [-0.4, -0.2) is 68.7 Å². The molecule has 28 aromatic rings. The Hall–Kier alpha value is -8.39. The zero-order chi connectivity index (χ0) is 51.9. The third-order valence-corrected chi connectivity index (χ3v) is 27.6. The van der Waals surface area contributed by atoms with Gasteiger partial charge in [-0.1, -0.05) is 0 Å². The Morgan fingerprint density at radius 2 is 0.655 bits per heavy atom. The molecule has 1 heterocycles. The first-order valence-electron chi connectivity index (χ1n) is 31.3. The minimum absolute atomic E-state index is 0.0713. The van der Waals surface area contributed by atoms with Gasteiger partial charge in [0.15, 0.2) is 0 Å². The number of rotatable bonds is 10. The van der Waals surface area contributed by atoms with Crippen LogP contribution in [0.2, 0.25) is 0 Å². The van der Waals surface area contributed by atoms with Gasteiger partial charge >= 0.3 is 6.09 Å². The summed E-state index contributed by atoms with van der Waals surface area (Å²) in [6.45, 7) is 9.82. The van der Waals surface area contributed by atoms with Crippen molar-refractivity contribution in [2.75, 3.05) is 46.1 Å². The van der Waals surface area contributed by atoms with E-state index in [-0.39, 0.29) is 11.5 Å². The van der Waals surface area contributed by atoms with E-state index < -0.39 is 17.1 Å². The molecule has 1 aliphatic heterocycles. The van der Waals surface area contributed by atoms with Gasteiger partial charge in [0.1, 0.15) is 5.60 Å². The molecule has 0 aromatic heterocycles. The van der Waals surface area contributed by atoms with Crippen LogP contribution in [-0.2, 0) is 25.0 Å². The fourth-order valence-electron chi connectivity index (χ4n) is 27.2. The minimum Gasteiger partial charge on any atom is -0.444 e. The molecule has 0 bridgehead atoms. The average molecular weight is 1060 g/mol. The molecule has 84 heavy (non-hydrogen) atoms. The van der Waals surface area contributed by atoms with Crippen molar-refractivity contribution in [1.29, 1.82) is 0 Å². The van der Waals surface area contributed by atoms with Crippen molar-refractivity contribution in [3.05, 3.63) is 53.9 Å². The standard InChI is InChI=1S/C78H29N2O4/c1-76(2,3)84-75(81)79-8-10-82-12-13-83-11-9-80-14-77-70-62-54-44-34-26-18-16-17-20-24-22(18)30-38-32(24)42-36-28(20)29-21(17)25-23-19(16)27(26)35-41-31(23)39-33(25)43-37(29)47-46(36)58-52(42)60-50(38)56(48(54)40(30)34)64(70)66(60)72-68(58)69-59(47)53(43)61-51(39)57-49(41)55(45(35)44)63(62)71(77)65(57)67(61)73(69)78(72,77)74(80)15-6-4-5-7-15/h4-7,74H,8-14H2,1-3H3,(H,79,81). The second kappa shape index (κ2) is 9.11. The Morgan fingerprint density at radius 3 is 0.940 bits per heavy atom. The Balaban J connectivity index is 0.825. The Labute approximate surface area is 466 Å². The molecule has 34 rings (SSSR count). The van der Waals surface area contributed by atoms with E-state index in [0.717, 1.165) is 13.1 Å². The number of carbonyl (C=O) groups is 1. The van der Waals surface area contributed by atoms with Gasteiger partial charge in [0.05, 0.1) is 37.3 Å². The van der Waals surface area contributed by atoms with Crippen molar-refractivity contribution >= 4 is 297 Å². The molecule has 1 saturated heterocycles. The third-order valence-electron chi connectivity index (χ3n) is 27.6. The highest BCUT2D eigenvalue weighted by molar-refractivity contribution is 6.82. The number of ether oxygens (including phenoxy) is 3. The number of hydrogen-bond donors (Lipinski definition) is 1. The van der Waals surface area contributed by atoms with E-state index in [2.05, 4.69) is 35.9 Å². The summed E-state index contributed by atoms with van der Waals surface area (Å²) in [5.41, 5.74) is 5.60. The van der Waals surface area contributed by atoms with E-state index in [4.69, 9.17) is 14.2 Å². The Bertz CT molecular complexity index is 7420. The molecule has 6 nitrogen and oxygen atoms in total. The number of nitrogens with one attached hydrogen (secondary N) is 1. The number of carbonyl (C=O) groups excluding carboxylic acids is 1. The lowest BCUT2D eigenvalue weighted by atomic mass is 9.47. The van der Waals surface area contributed by atoms with E-state index in [1.54, 1.807) is 313 Å². The summed E-state index contributed by atoms with van der Waals surface area (Å²) in [6.07, 6.45) is 9.36. The summed E-state index contributed by atoms with van der Waals surface area (Å²) in [7, 11) is 0. The summed E-state index contributed by atoms with van der Waals surface area (Å²) in [6, 6.07) is 0.0713. The van der Waals surface area contributed by atoms with E-state index in [1.165, 1.54) is 5.92 Å². The van der Waals surface area contributed by atoms with E-state index in [0.29, 0.717) is 33.0 Å². The summed E-state index contributed by atoms with van der Waals surface area (Å²) >= 11 is 0. The summed E-state index contributed by atoms with van der Waals surface area (Å²) < 4.78 is 18.4. The molecule has 375 valence electrons. The van der Waals surface area contributed by atoms with E-state index in [9.17, 15) is 4.79 Å². The van der Waals surface area contributed by atoms with Gasteiger partial charge < -0.3 is 19.5 Å². The molecular weight excluding hydrogens is 1030 g/mol. The second-order valence-corrected chi connectivity index (χ2v) is 30.2. The summed E-state index contributed by atoms with van der Waals surface area (Å²) in [5.74, 6) is 1.46. The topological polar surface area (TPSA) is 60.0 Å². The van der Waals surface area contributed by atoms with Crippen LogP contribution in [0.15, 0.2) is 0 Å². The van der Waals surface area contributed by atoms with Crippen LogP contribution in [0.25, 0.3) is 291 Å². The second-order valence-electron chi connectivity index (χ2n) is 30.2. The number of amides is 1. The molecule has 1 amide bonds. The maximum atomic E-state index is 12.4. The zero-order valence-electron chi connectivity index (χ0n) is 44.9. The molecule has 1 saturated carbocycles. The van der Waals surface area contributed by atoms with Gasteiger partial charge in [-0.15, -0.1) is 0 Å². The molecular formula is C78H29N2O4. The average Bonchev–Trinajstić information content (AvgIpc) is 1.38. The van der Waals surface area contributed by atoms with Gasteiger partial charge in [-0.3, -0.25) is 4.90 Å². The van der Waals surface area contributed by atoms with Crippen LogP contribution in [0.1, 0.15) is 43.0 Å². The number of benzene rings is 18. The van der Waals surface area contributed by atoms with Crippen molar-refractivity contribution in [3.8, 4) is 0 Å². The van der Waals surface area contributed by atoms with Gasteiger partial charge in [0.25, 0.3) is 0 Å². The normalized spacial score (nSPS) is 23.2. The number of alkyl carbamates (subject to hydrolysis) is 1. The fourth-order valence-corrected chi connectivity index (χ4v) is 27.2. The first-order chi connectivity index (χ1) is 41.4. The van der Waals surface area contributed by atoms with Crippen molar-refractivity contribution in [2.24, 2.45) is 0 Å². The summed E-state index contributed by atoms with van der Waals surface area (Å²) in [4.78, 5) is 15.4.